The number of amides is 1. The first kappa shape index (κ1) is 17.3. The Morgan fingerprint density at radius 1 is 1.24 bits per heavy atom. The highest BCUT2D eigenvalue weighted by atomic mass is 19.4. The molecule has 0 aromatic heterocycles. The molecular weight excluding hydrogens is 287 g/mol. The molecule has 1 rings (SSSR count). The van der Waals surface area contributed by atoms with E-state index >= 15 is 0 Å². The number of carbonyl (C=O) groups is 1. The van der Waals surface area contributed by atoms with Crippen LogP contribution in [0.3, 0.4) is 0 Å². The van der Waals surface area contributed by atoms with E-state index in [4.69, 9.17) is 5.11 Å². The molecule has 0 spiro atoms. The van der Waals surface area contributed by atoms with Crippen LogP contribution in [0.1, 0.15) is 37.9 Å². The molecule has 0 bridgehead atoms. The van der Waals surface area contributed by atoms with Gasteiger partial charge in [0.1, 0.15) is 0 Å². The van der Waals surface area contributed by atoms with E-state index in [2.05, 4.69) is 5.32 Å². The predicted octanol–water partition coefficient (Wildman–Crippen LogP) is 3.42. The second kappa shape index (κ2) is 5.93. The van der Waals surface area contributed by atoms with Gasteiger partial charge in [0.05, 0.1) is 17.7 Å². The van der Waals surface area contributed by atoms with E-state index in [1.807, 2.05) is 0 Å². The molecule has 0 saturated carbocycles. The van der Waals surface area contributed by atoms with Gasteiger partial charge in [0, 0.05) is 0 Å². The maximum absolute atomic E-state index is 12.7. The van der Waals surface area contributed by atoms with Crippen LogP contribution in [0.4, 0.5) is 18.0 Å². The van der Waals surface area contributed by atoms with Crippen LogP contribution in [-0.4, -0.2) is 22.4 Å². The fourth-order valence-corrected chi connectivity index (χ4v) is 1.89. The zero-order chi connectivity index (χ0) is 16.4. The fourth-order valence-electron chi connectivity index (χ4n) is 1.89. The number of hydrogen-bond donors (Lipinski definition) is 3. The van der Waals surface area contributed by atoms with Gasteiger partial charge in [-0.3, -0.25) is 0 Å². The molecule has 4 nitrogen and oxygen atoms in total. The lowest BCUT2D eigenvalue weighted by Gasteiger charge is -2.33. The third-order valence-corrected chi connectivity index (χ3v) is 3.06. The van der Waals surface area contributed by atoms with Gasteiger partial charge in [-0.05, 0) is 23.1 Å². The Morgan fingerprint density at radius 3 is 2.24 bits per heavy atom. The summed E-state index contributed by atoms with van der Waals surface area (Å²) in [4.78, 5) is 10.9. The summed E-state index contributed by atoms with van der Waals surface area (Å²) < 4.78 is 38.2. The van der Waals surface area contributed by atoms with Gasteiger partial charge in [-0.2, -0.15) is 13.2 Å². The monoisotopic (exact) mass is 305 g/mol. The van der Waals surface area contributed by atoms with Crippen LogP contribution in [0.5, 0.6) is 0 Å². The van der Waals surface area contributed by atoms with Gasteiger partial charge in [-0.1, -0.05) is 32.9 Å². The van der Waals surface area contributed by atoms with Gasteiger partial charge in [0.2, 0.25) is 0 Å². The Kier molecular flexibility index (Phi) is 4.88. The highest BCUT2D eigenvalue weighted by Crippen LogP contribution is 2.34. The number of hydrogen-bond acceptors (Lipinski definition) is 2. The van der Waals surface area contributed by atoms with Crippen molar-refractivity contribution < 1.29 is 28.2 Å². The lowest BCUT2D eigenvalue weighted by Crippen LogP contribution is -2.42. The van der Waals surface area contributed by atoms with Gasteiger partial charge in [-0.15, -0.1) is 0 Å². The second-order valence-corrected chi connectivity index (χ2v) is 5.86. The Balaban J connectivity index is 3.24. The normalized spacial score (nSPS) is 15.4. The lowest BCUT2D eigenvalue weighted by molar-refractivity contribution is -0.137. The SMILES string of the molecule is CC(C)(C)[C@@H](O)C(NC(=O)O)c1cccc(C(F)(F)F)c1. The highest BCUT2D eigenvalue weighted by molar-refractivity contribution is 5.65. The number of halogens is 3. The van der Waals surface area contributed by atoms with Crippen LogP contribution in [0.2, 0.25) is 0 Å². The molecule has 0 aliphatic heterocycles. The summed E-state index contributed by atoms with van der Waals surface area (Å²) in [5, 5.41) is 21.2. The first-order valence-corrected chi connectivity index (χ1v) is 6.27. The first-order chi connectivity index (χ1) is 9.43. The van der Waals surface area contributed by atoms with Crippen molar-refractivity contribution >= 4 is 6.09 Å². The summed E-state index contributed by atoms with van der Waals surface area (Å²) in [6, 6.07) is 3.12. The quantitative estimate of drug-likeness (QED) is 0.801. The molecule has 0 radical (unpaired) electrons. The molecule has 1 aromatic rings. The highest BCUT2D eigenvalue weighted by Gasteiger charge is 2.35. The molecule has 0 aliphatic rings. The molecular formula is C14H18F3NO3. The first-order valence-electron chi connectivity index (χ1n) is 6.27. The van der Waals surface area contributed by atoms with E-state index in [0.717, 1.165) is 12.1 Å². The van der Waals surface area contributed by atoms with Gasteiger partial charge >= 0.3 is 12.3 Å². The van der Waals surface area contributed by atoms with E-state index < -0.39 is 35.4 Å². The molecule has 0 heterocycles. The van der Waals surface area contributed by atoms with Gasteiger partial charge < -0.3 is 15.5 Å². The number of nitrogens with one attached hydrogen (secondary N) is 1. The summed E-state index contributed by atoms with van der Waals surface area (Å²) in [6.07, 6.45) is -7.13. The maximum atomic E-state index is 12.7. The van der Waals surface area contributed by atoms with Crippen molar-refractivity contribution in [2.75, 3.05) is 0 Å². The van der Waals surface area contributed by atoms with E-state index in [0.29, 0.717) is 0 Å². The number of benzene rings is 1. The second-order valence-electron chi connectivity index (χ2n) is 5.86. The van der Waals surface area contributed by atoms with Crippen LogP contribution in [0, 0.1) is 5.41 Å². The summed E-state index contributed by atoms with van der Waals surface area (Å²) in [6.45, 7) is 5.01. The third kappa shape index (κ3) is 4.63. The van der Waals surface area contributed by atoms with E-state index in [1.165, 1.54) is 12.1 Å². The molecule has 0 fully saturated rings. The Labute approximate surface area is 120 Å². The molecule has 1 amide bonds. The van der Waals surface area contributed by atoms with E-state index in [1.54, 1.807) is 20.8 Å². The molecule has 1 unspecified atom stereocenters. The average molecular weight is 305 g/mol. The van der Waals surface area contributed by atoms with Crippen molar-refractivity contribution in [3.63, 3.8) is 0 Å². The van der Waals surface area contributed by atoms with Crippen molar-refractivity contribution in [1.82, 2.24) is 5.32 Å². The zero-order valence-corrected chi connectivity index (χ0v) is 11.9. The number of carboxylic acid groups (broad SMARTS) is 1. The molecule has 1 aromatic carbocycles. The number of aliphatic hydroxyl groups excluding tert-OH is 1. The van der Waals surface area contributed by atoms with E-state index in [-0.39, 0.29) is 5.56 Å². The van der Waals surface area contributed by atoms with Gasteiger partial charge in [0.25, 0.3) is 0 Å². The molecule has 3 N–H and O–H groups in total. The summed E-state index contributed by atoms with van der Waals surface area (Å²) in [5.41, 5.74) is -1.53. The largest absolute Gasteiger partial charge is 0.465 e. The van der Waals surface area contributed by atoms with Crippen LogP contribution in [-0.2, 0) is 6.18 Å². The van der Waals surface area contributed by atoms with Crippen molar-refractivity contribution in [2.24, 2.45) is 5.41 Å². The van der Waals surface area contributed by atoms with Crippen LogP contribution >= 0.6 is 0 Å². The summed E-state index contributed by atoms with van der Waals surface area (Å²) >= 11 is 0. The van der Waals surface area contributed by atoms with Crippen LogP contribution in [0.25, 0.3) is 0 Å². The fraction of sp³-hybridized carbons (Fsp3) is 0.500. The maximum Gasteiger partial charge on any atom is 0.416 e. The van der Waals surface area contributed by atoms with Crippen molar-refractivity contribution in [2.45, 2.75) is 39.1 Å². The molecule has 21 heavy (non-hydrogen) atoms. The number of aliphatic hydroxyl groups is 1. The standard InChI is InChI=1S/C14H18F3NO3/c1-13(2,3)11(19)10(18-12(20)21)8-5-4-6-9(7-8)14(15,16)17/h4-7,10-11,18-19H,1-3H3,(H,20,21)/t10?,11-/m0/s1. The van der Waals surface area contributed by atoms with Crippen LogP contribution < -0.4 is 5.32 Å². The minimum atomic E-state index is -4.53. The zero-order valence-electron chi connectivity index (χ0n) is 11.9. The van der Waals surface area contributed by atoms with E-state index in [9.17, 15) is 23.1 Å². The predicted molar refractivity (Wildman–Crippen MR) is 70.8 cm³/mol. The topological polar surface area (TPSA) is 69.6 Å². The molecule has 0 saturated heterocycles. The summed E-state index contributed by atoms with van der Waals surface area (Å²) in [7, 11) is 0. The third-order valence-electron chi connectivity index (χ3n) is 3.06. The Morgan fingerprint density at radius 2 is 1.81 bits per heavy atom. The van der Waals surface area contributed by atoms with Crippen molar-refractivity contribution in [3.05, 3.63) is 35.4 Å². The summed E-state index contributed by atoms with van der Waals surface area (Å²) in [5.74, 6) is 0. The van der Waals surface area contributed by atoms with Gasteiger partial charge in [-0.25, -0.2) is 4.79 Å². The minimum absolute atomic E-state index is 0.0645. The molecule has 7 heteroatoms. The van der Waals surface area contributed by atoms with Crippen molar-refractivity contribution in [3.8, 4) is 0 Å². The minimum Gasteiger partial charge on any atom is -0.465 e. The molecule has 0 aliphatic carbocycles. The molecule has 2 atom stereocenters. The average Bonchev–Trinajstić information content (AvgIpc) is 2.33. The number of rotatable bonds is 3. The Bertz CT molecular complexity index is 509. The molecule has 118 valence electrons. The Hall–Kier alpha value is -1.76. The number of alkyl halides is 3. The van der Waals surface area contributed by atoms with Crippen LogP contribution in [0.15, 0.2) is 24.3 Å². The van der Waals surface area contributed by atoms with Gasteiger partial charge in [0.15, 0.2) is 0 Å². The lowest BCUT2D eigenvalue weighted by atomic mass is 9.82. The smallest absolute Gasteiger partial charge is 0.416 e. The van der Waals surface area contributed by atoms with Crippen molar-refractivity contribution in [1.29, 1.82) is 0 Å².